The molecule has 5 heteroatoms. The van der Waals surface area contributed by atoms with Crippen LogP contribution < -0.4 is 20.1 Å². The number of benzene rings is 2. The molecule has 23 heavy (non-hydrogen) atoms. The first-order valence-corrected chi connectivity index (χ1v) is 7.61. The van der Waals surface area contributed by atoms with Crippen molar-refractivity contribution in [2.75, 3.05) is 13.2 Å². The van der Waals surface area contributed by atoms with Crippen molar-refractivity contribution < 1.29 is 14.2 Å². The van der Waals surface area contributed by atoms with Gasteiger partial charge in [-0.3, -0.25) is 0 Å². The highest BCUT2D eigenvalue weighted by Gasteiger charge is 2.06. The number of nitrogens with two attached hydrogens (primary N) is 1. The monoisotopic (exact) mass is 314 g/mol. The molecule has 0 saturated heterocycles. The lowest BCUT2D eigenvalue weighted by Gasteiger charge is -2.13. The zero-order chi connectivity index (χ0) is 16.5. The van der Waals surface area contributed by atoms with Crippen LogP contribution in [0, 0.1) is 0 Å². The Hall–Kier alpha value is -2.69. The van der Waals surface area contributed by atoms with Crippen LogP contribution in [0.5, 0.6) is 17.2 Å². The van der Waals surface area contributed by atoms with Gasteiger partial charge in [-0.05, 0) is 61.4 Å². The minimum absolute atomic E-state index is 0.455. The fourth-order valence-electron chi connectivity index (χ4n) is 2.09. The molecular weight excluding hydrogens is 292 g/mol. The minimum atomic E-state index is 0.455. The van der Waals surface area contributed by atoms with Gasteiger partial charge in [-0.25, -0.2) is 0 Å². The van der Waals surface area contributed by atoms with Gasteiger partial charge >= 0.3 is 0 Å². The summed E-state index contributed by atoms with van der Waals surface area (Å²) in [6, 6.07) is 13.4. The zero-order valence-corrected chi connectivity index (χ0v) is 13.5. The van der Waals surface area contributed by atoms with Gasteiger partial charge in [0.25, 0.3) is 0 Å². The topological polar surface area (TPSA) is 66.1 Å². The Morgan fingerprint density at radius 3 is 2.26 bits per heavy atom. The second kappa shape index (κ2) is 8.68. The predicted molar refractivity (Wildman–Crippen MR) is 91.3 cm³/mol. The minimum Gasteiger partial charge on any atom is -0.490 e. The number of hydrogen-bond donors (Lipinski definition) is 1. The summed E-state index contributed by atoms with van der Waals surface area (Å²) >= 11 is 0. The Balaban J connectivity index is 2.03. The summed E-state index contributed by atoms with van der Waals surface area (Å²) in [7, 11) is 0. The molecule has 0 aliphatic carbocycles. The van der Waals surface area contributed by atoms with Gasteiger partial charge in [0.05, 0.1) is 19.4 Å². The number of nitrogens with zero attached hydrogens (tertiary/aromatic N) is 1. The predicted octanol–water partition coefficient (Wildman–Crippen LogP) is 3.36. The van der Waals surface area contributed by atoms with Crippen molar-refractivity contribution in [2.45, 2.75) is 20.5 Å². The van der Waals surface area contributed by atoms with Gasteiger partial charge in [-0.1, -0.05) is 6.07 Å². The van der Waals surface area contributed by atoms with Crippen molar-refractivity contribution in [3.8, 4) is 17.2 Å². The largest absolute Gasteiger partial charge is 0.490 e. The van der Waals surface area contributed by atoms with E-state index in [0.717, 1.165) is 28.4 Å². The van der Waals surface area contributed by atoms with E-state index < -0.39 is 0 Å². The molecule has 0 bridgehead atoms. The highest BCUT2D eigenvalue weighted by Crippen LogP contribution is 2.29. The van der Waals surface area contributed by atoms with E-state index >= 15 is 0 Å². The number of hydrazone groups is 1. The first kappa shape index (κ1) is 16.7. The summed E-state index contributed by atoms with van der Waals surface area (Å²) in [6.45, 7) is 5.55. The van der Waals surface area contributed by atoms with E-state index in [0.29, 0.717) is 19.8 Å². The Bertz CT molecular complexity index is 639. The van der Waals surface area contributed by atoms with Gasteiger partial charge < -0.3 is 20.1 Å². The van der Waals surface area contributed by atoms with Crippen LogP contribution in [-0.4, -0.2) is 19.4 Å². The van der Waals surface area contributed by atoms with Gasteiger partial charge in [-0.15, -0.1) is 0 Å². The zero-order valence-electron chi connectivity index (χ0n) is 13.5. The third kappa shape index (κ3) is 4.92. The molecule has 0 amide bonds. The first-order valence-electron chi connectivity index (χ1n) is 7.61. The lowest BCUT2D eigenvalue weighted by molar-refractivity contribution is 0.283. The molecule has 0 aromatic heterocycles. The first-order chi connectivity index (χ1) is 11.3. The maximum Gasteiger partial charge on any atom is 0.161 e. The fraction of sp³-hybridized carbons (Fsp3) is 0.278. The van der Waals surface area contributed by atoms with Crippen LogP contribution in [-0.2, 0) is 6.61 Å². The van der Waals surface area contributed by atoms with E-state index in [4.69, 9.17) is 20.1 Å². The Labute approximate surface area is 136 Å². The molecule has 0 heterocycles. The summed E-state index contributed by atoms with van der Waals surface area (Å²) in [6.07, 6.45) is 1.59. The van der Waals surface area contributed by atoms with Crippen molar-refractivity contribution in [2.24, 2.45) is 10.9 Å². The number of rotatable bonds is 8. The number of hydrogen-bond acceptors (Lipinski definition) is 5. The summed E-state index contributed by atoms with van der Waals surface area (Å²) in [5, 5.41) is 3.49. The average molecular weight is 314 g/mol. The second-order valence-corrected chi connectivity index (χ2v) is 4.78. The van der Waals surface area contributed by atoms with Crippen LogP contribution in [0.25, 0.3) is 0 Å². The third-order valence-corrected chi connectivity index (χ3v) is 3.12. The second-order valence-electron chi connectivity index (χ2n) is 4.78. The van der Waals surface area contributed by atoms with Crippen molar-refractivity contribution in [3.63, 3.8) is 0 Å². The Kier molecular flexibility index (Phi) is 6.29. The average Bonchev–Trinajstić information content (AvgIpc) is 2.57. The van der Waals surface area contributed by atoms with Crippen LogP contribution in [0.3, 0.4) is 0 Å². The molecule has 2 N–H and O–H groups in total. The smallest absolute Gasteiger partial charge is 0.161 e. The van der Waals surface area contributed by atoms with Gasteiger partial charge in [0.1, 0.15) is 12.4 Å². The quantitative estimate of drug-likeness (QED) is 0.461. The molecule has 0 saturated carbocycles. The molecule has 2 aromatic carbocycles. The van der Waals surface area contributed by atoms with E-state index in [2.05, 4.69) is 5.10 Å². The molecular formula is C18H22N2O3. The van der Waals surface area contributed by atoms with Gasteiger partial charge in [0.2, 0.25) is 0 Å². The summed E-state index contributed by atoms with van der Waals surface area (Å²) in [4.78, 5) is 0. The summed E-state index contributed by atoms with van der Waals surface area (Å²) < 4.78 is 17.0. The summed E-state index contributed by atoms with van der Waals surface area (Å²) in [5.41, 5.74) is 1.95. The van der Waals surface area contributed by atoms with Crippen molar-refractivity contribution in [1.82, 2.24) is 0 Å². The highest BCUT2D eigenvalue weighted by atomic mass is 16.5. The maximum absolute atomic E-state index is 5.79. The van der Waals surface area contributed by atoms with Gasteiger partial charge in [0, 0.05) is 0 Å². The molecule has 2 aromatic rings. The van der Waals surface area contributed by atoms with E-state index in [-0.39, 0.29) is 0 Å². The molecule has 2 rings (SSSR count). The van der Waals surface area contributed by atoms with Gasteiger partial charge in [0.15, 0.2) is 11.5 Å². The molecule has 0 aliphatic rings. The van der Waals surface area contributed by atoms with E-state index in [1.165, 1.54) is 0 Å². The highest BCUT2D eigenvalue weighted by molar-refractivity contribution is 5.79. The Morgan fingerprint density at radius 2 is 1.61 bits per heavy atom. The molecule has 0 atom stereocenters. The third-order valence-electron chi connectivity index (χ3n) is 3.12. The van der Waals surface area contributed by atoms with Gasteiger partial charge in [-0.2, -0.15) is 5.10 Å². The SMILES string of the molecule is CCOc1ccc(COc2ccc(C=NN)cc2)cc1OCC. The molecule has 122 valence electrons. The molecule has 0 spiro atoms. The van der Waals surface area contributed by atoms with Crippen LogP contribution in [0.15, 0.2) is 47.6 Å². The standard InChI is InChI=1S/C18H22N2O3/c1-3-21-17-10-7-15(11-18(17)22-4-2)13-23-16-8-5-14(6-9-16)12-20-19/h5-12H,3-4,13,19H2,1-2H3. The van der Waals surface area contributed by atoms with Crippen molar-refractivity contribution in [1.29, 1.82) is 0 Å². The molecule has 0 aliphatic heterocycles. The number of ether oxygens (including phenoxy) is 3. The van der Waals surface area contributed by atoms with Crippen LogP contribution in [0.1, 0.15) is 25.0 Å². The van der Waals surface area contributed by atoms with E-state index in [1.54, 1.807) is 6.21 Å². The normalized spacial score (nSPS) is 10.7. The molecule has 0 unspecified atom stereocenters. The molecule has 5 nitrogen and oxygen atoms in total. The molecule has 0 fully saturated rings. The Morgan fingerprint density at radius 1 is 0.913 bits per heavy atom. The van der Waals surface area contributed by atoms with Crippen LogP contribution in [0.2, 0.25) is 0 Å². The van der Waals surface area contributed by atoms with Crippen molar-refractivity contribution >= 4 is 6.21 Å². The maximum atomic E-state index is 5.79. The van der Waals surface area contributed by atoms with Crippen LogP contribution in [0.4, 0.5) is 0 Å². The van der Waals surface area contributed by atoms with E-state index in [1.807, 2.05) is 56.3 Å². The lowest BCUT2D eigenvalue weighted by atomic mass is 10.2. The van der Waals surface area contributed by atoms with Crippen LogP contribution >= 0.6 is 0 Å². The van der Waals surface area contributed by atoms with Crippen molar-refractivity contribution in [3.05, 3.63) is 53.6 Å². The fourth-order valence-corrected chi connectivity index (χ4v) is 2.09. The van der Waals surface area contributed by atoms with E-state index in [9.17, 15) is 0 Å². The lowest BCUT2D eigenvalue weighted by Crippen LogP contribution is -2.01. The summed E-state index contributed by atoms with van der Waals surface area (Å²) in [5.74, 6) is 7.40. The molecule has 0 radical (unpaired) electrons.